The van der Waals surface area contributed by atoms with Gasteiger partial charge in [0.05, 0.1) is 0 Å². The maximum absolute atomic E-state index is 5.94. The van der Waals surface area contributed by atoms with Crippen LogP contribution in [-0.4, -0.2) is 10.2 Å². The van der Waals surface area contributed by atoms with Crippen LogP contribution in [-0.2, 0) is 6.42 Å². The molecule has 1 aromatic carbocycles. The van der Waals surface area contributed by atoms with Crippen molar-refractivity contribution in [1.82, 2.24) is 10.2 Å². The van der Waals surface area contributed by atoms with E-state index in [0.717, 1.165) is 29.7 Å². The summed E-state index contributed by atoms with van der Waals surface area (Å²) in [5.74, 6) is 1.28. The summed E-state index contributed by atoms with van der Waals surface area (Å²) >= 11 is 0. The van der Waals surface area contributed by atoms with E-state index >= 15 is 0 Å². The van der Waals surface area contributed by atoms with E-state index in [4.69, 9.17) is 5.73 Å². The van der Waals surface area contributed by atoms with Gasteiger partial charge in [-0.05, 0) is 24.3 Å². The molecule has 0 saturated heterocycles. The Kier molecular flexibility index (Phi) is 3.47. The molecule has 0 bridgehead atoms. The Morgan fingerprint density at radius 2 is 1.94 bits per heavy atom. The van der Waals surface area contributed by atoms with Crippen molar-refractivity contribution in [3.05, 3.63) is 36.0 Å². The third-order valence-corrected chi connectivity index (χ3v) is 2.90. The predicted molar refractivity (Wildman–Crippen MR) is 71.6 cm³/mol. The lowest BCUT2D eigenvalue weighted by atomic mass is 10.00. The number of nitrogens with one attached hydrogen (secondary N) is 1. The summed E-state index contributed by atoms with van der Waals surface area (Å²) in [6, 6.07) is 10.2. The number of rotatable bonds is 4. The summed E-state index contributed by atoms with van der Waals surface area (Å²) in [4.78, 5) is 0. The predicted octanol–water partition coefficient (Wildman–Crippen LogP) is 3.25. The molecule has 90 valence electrons. The maximum atomic E-state index is 5.94. The Morgan fingerprint density at radius 3 is 2.59 bits per heavy atom. The van der Waals surface area contributed by atoms with Gasteiger partial charge in [0.25, 0.3) is 0 Å². The molecule has 17 heavy (non-hydrogen) atoms. The summed E-state index contributed by atoms with van der Waals surface area (Å²) in [7, 11) is 0. The number of hydrogen-bond acceptors (Lipinski definition) is 2. The molecule has 3 heteroatoms. The molecule has 2 aromatic rings. The van der Waals surface area contributed by atoms with Gasteiger partial charge in [-0.1, -0.05) is 44.2 Å². The van der Waals surface area contributed by atoms with E-state index in [9.17, 15) is 0 Å². The highest BCUT2D eigenvalue weighted by Crippen LogP contribution is 2.28. The standard InChI is InChI=1S/C14H19N3/c1-10(2)8-9-12-13(14(15)17-16-12)11-6-4-3-5-7-11/h3-7,10H,8-9H2,1-2H3,(H3,15,16,17). The van der Waals surface area contributed by atoms with Crippen molar-refractivity contribution in [2.45, 2.75) is 26.7 Å². The van der Waals surface area contributed by atoms with Gasteiger partial charge in [0, 0.05) is 11.3 Å². The summed E-state index contributed by atoms with van der Waals surface area (Å²) in [5, 5.41) is 7.18. The molecule has 3 nitrogen and oxygen atoms in total. The van der Waals surface area contributed by atoms with E-state index in [1.165, 1.54) is 0 Å². The molecule has 0 amide bonds. The van der Waals surface area contributed by atoms with Gasteiger partial charge in [0.1, 0.15) is 0 Å². The minimum absolute atomic E-state index is 0.593. The van der Waals surface area contributed by atoms with E-state index in [1.54, 1.807) is 0 Å². The molecular weight excluding hydrogens is 210 g/mol. The van der Waals surface area contributed by atoms with Gasteiger partial charge in [0.2, 0.25) is 0 Å². The minimum Gasteiger partial charge on any atom is -0.382 e. The van der Waals surface area contributed by atoms with Crippen LogP contribution in [0.5, 0.6) is 0 Å². The molecule has 0 aliphatic rings. The molecule has 1 heterocycles. The van der Waals surface area contributed by atoms with E-state index in [0.29, 0.717) is 11.7 Å². The van der Waals surface area contributed by atoms with E-state index in [-0.39, 0.29) is 0 Å². The van der Waals surface area contributed by atoms with E-state index in [2.05, 4.69) is 36.2 Å². The Labute approximate surface area is 102 Å². The smallest absolute Gasteiger partial charge is 0.153 e. The van der Waals surface area contributed by atoms with Gasteiger partial charge in [0.15, 0.2) is 5.82 Å². The molecule has 0 fully saturated rings. The molecular formula is C14H19N3. The number of benzene rings is 1. The topological polar surface area (TPSA) is 54.7 Å². The fraction of sp³-hybridized carbons (Fsp3) is 0.357. The molecule has 0 atom stereocenters. The van der Waals surface area contributed by atoms with Crippen LogP contribution < -0.4 is 5.73 Å². The van der Waals surface area contributed by atoms with Crippen molar-refractivity contribution in [2.24, 2.45) is 5.92 Å². The van der Waals surface area contributed by atoms with Crippen LogP contribution in [0.2, 0.25) is 0 Å². The van der Waals surface area contributed by atoms with Crippen molar-refractivity contribution in [3.8, 4) is 11.1 Å². The Balaban J connectivity index is 2.30. The number of nitrogens with two attached hydrogens (primary N) is 1. The SMILES string of the molecule is CC(C)CCc1[nH]nc(N)c1-c1ccccc1. The van der Waals surface area contributed by atoms with Crippen molar-refractivity contribution < 1.29 is 0 Å². The molecule has 0 aliphatic carbocycles. The van der Waals surface area contributed by atoms with Gasteiger partial charge in [-0.15, -0.1) is 0 Å². The van der Waals surface area contributed by atoms with Gasteiger partial charge >= 0.3 is 0 Å². The zero-order chi connectivity index (χ0) is 12.3. The molecule has 0 saturated carbocycles. The maximum Gasteiger partial charge on any atom is 0.153 e. The van der Waals surface area contributed by atoms with Crippen LogP contribution in [0.15, 0.2) is 30.3 Å². The number of nitrogen functional groups attached to an aromatic ring is 1. The van der Waals surface area contributed by atoms with Gasteiger partial charge in [-0.2, -0.15) is 5.10 Å². The molecule has 3 N–H and O–H groups in total. The van der Waals surface area contributed by atoms with Crippen molar-refractivity contribution >= 4 is 5.82 Å². The Bertz CT molecular complexity index is 471. The van der Waals surface area contributed by atoms with Crippen LogP contribution in [0.3, 0.4) is 0 Å². The molecule has 0 unspecified atom stereocenters. The Morgan fingerprint density at radius 1 is 1.24 bits per heavy atom. The third kappa shape index (κ3) is 2.67. The number of anilines is 1. The molecule has 0 spiro atoms. The van der Waals surface area contributed by atoms with Gasteiger partial charge in [-0.25, -0.2) is 0 Å². The van der Waals surface area contributed by atoms with Crippen molar-refractivity contribution in [3.63, 3.8) is 0 Å². The second kappa shape index (κ2) is 5.04. The highest BCUT2D eigenvalue weighted by Gasteiger charge is 2.12. The minimum atomic E-state index is 0.593. The quantitative estimate of drug-likeness (QED) is 0.845. The van der Waals surface area contributed by atoms with E-state index < -0.39 is 0 Å². The van der Waals surface area contributed by atoms with Crippen LogP contribution in [0.25, 0.3) is 11.1 Å². The first-order valence-corrected chi connectivity index (χ1v) is 6.06. The number of hydrogen-bond donors (Lipinski definition) is 2. The monoisotopic (exact) mass is 229 g/mol. The summed E-state index contributed by atoms with van der Waals surface area (Å²) in [5.41, 5.74) is 9.28. The van der Waals surface area contributed by atoms with Crippen LogP contribution in [0, 0.1) is 5.92 Å². The summed E-state index contributed by atoms with van der Waals surface area (Å²) in [6.07, 6.45) is 2.13. The number of aromatic amines is 1. The van der Waals surface area contributed by atoms with Crippen LogP contribution >= 0.6 is 0 Å². The normalized spacial score (nSPS) is 11.0. The summed E-state index contributed by atoms with van der Waals surface area (Å²) < 4.78 is 0. The lowest BCUT2D eigenvalue weighted by molar-refractivity contribution is 0.581. The fourth-order valence-corrected chi connectivity index (χ4v) is 1.93. The summed E-state index contributed by atoms with van der Waals surface area (Å²) in [6.45, 7) is 4.45. The third-order valence-electron chi connectivity index (χ3n) is 2.90. The first-order chi connectivity index (χ1) is 8.18. The average Bonchev–Trinajstić information content (AvgIpc) is 2.69. The molecule has 0 radical (unpaired) electrons. The van der Waals surface area contributed by atoms with Crippen LogP contribution in [0.1, 0.15) is 26.0 Å². The number of H-pyrrole nitrogens is 1. The number of aromatic nitrogens is 2. The zero-order valence-electron chi connectivity index (χ0n) is 10.4. The highest BCUT2D eigenvalue weighted by molar-refractivity contribution is 5.76. The highest BCUT2D eigenvalue weighted by atomic mass is 15.2. The van der Waals surface area contributed by atoms with Crippen molar-refractivity contribution in [2.75, 3.05) is 5.73 Å². The van der Waals surface area contributed by atoms with Gasteiger partial charge < -0.3 is 5.73 Å². The molecule has 2 rings (SSSR count). The number of nitrogens with zero attached hydrogens (tertiary/aromatic N) is 1. The van der Waals surface area contributed by atoms with E-state index in [1.807, 2.05) is 18.2 Å². The molecule has 0 aliphatic heterocycles. The lowest BCUT2D eigenvalue weighted by Crippen LogP contribution is -1.95. The first-order valence-electron chi connectivity index (χ1n) is 6.06. The lowest BCUT2D eigenvalue weighted by Gasteiger charge is -2.06. The average molecular weight is 229 g/mol. The first kappa shape index (κ1) is 11.7. The van der Waals surface area contributed by atoms with Gasteiger partial charge in [-0.3, -0.25) is 5.10 Å². The number of aryl methyl sites for hydroxylation is 1. The largest absolute Gasteiger partial charge is 0.382 e. The molecule has 1 aromatic heterocycles. The second-order valence-corrected chi connectivity index (χ2v) is 4.76. The fourth-order valence-electron chi connectivity index (χ4n) is 1.93. The zero-order valence-corrected chi connectivity index (χ0v) is 10.4. The second-order valence-electron chi connectivity index (χ2n) is 4.76. The Hall–Kier alpha value is -1.77. The van der Waals surface area contributed by atoms with Crippen LogP contribution in [0.4, 0.5) is 5.82 Å². The van der Waals surface area contributed by atoms with Crippen molar-refractivity contribution in [1.29, 1.82) is 0 Å².